The van der Waals surface area contributed by atoms with Gasteiger partial charge in [0.15, 0.2) is 5.78 Å². The first-order valence-electron chi connectivity index (χ1n) is 8.82. The van der Waals surface area contributed by atoms with Crippen LogP contribution in [0.25, 0.3) is 0 Å². The van der Waals surface area contributed by atoms with Gasteiger partial charge in [-0.15, -0.1) is 0 Å². The molecule has 150 valence electrons. The van der Waals surface area contributed by atoms with Gasteiger partial charge in [0.2, 0.25) is 15.9 Å². The maximum atomic E-state index is 12.3. The number of ketones is 1. The Morgan fingerprint density at radius 3 is 2.25 bits per heavy atom. The average Bonchev–Trinajstić information content (AvgIpc) is 2.63. The van der Waals surface area contributed by atoms with Gasteiger partial charge in [-0.1, -0.05) is 30.3 Å². The number of para-hydroxylation sites is 1. The van der Waals surface area contributed by atoms with Crippen molar-refractivity contribution in [1.29, 1.82) is 0 Å². The molecule has 2 aromatic rings. The highest BCUT2D eigenvalue weighted by Gasteiger charge is 2.15. The highest BCUT2D eigenvalue weighted by Crippen LogP contribution is 2.16. The number of anilines is 1. The third kappa shape index (κ3) is 6.26. The normalized spacial score (nSPS) is 11.4. The molecule has 7 nitrogen and oxygen atoms in total. The van der Waals surface area contributed by atoms with Crippen molar-refractivity contribution in [3.8, 4) is 0 Å². The highest BCUT2D eigenvalue weighted by atomic mass is 32.2. The van der Waals surface area contributed by atoms with Gasteiger partial charge >= 0.3 is 0 Å². The number of Topliss-reactive ketones (excluding diaryl/α,β-unsaturated/α-hetero) is 1. The van der Waals surface area contributed by atoms with E-state index in [1.54, 1.807) is 0 Å². The molecule has 2 aromatic carbocycles. The van der Waals surface area contributed by atoms with E-state index in [-0.39, 0.29) is 29.6 Å². The first-order valence-corrected chi connectivity index (χ1v) is 10.3. The van der Waals surface area contributed by atoms with E-state index in [9.17, 15) is 18.0 Å². The van der Waals surface area contributed by atoms with Gasteiger partial charge < -0.3 is 10.2 Å². The van der Waals surface area contributed by atoms with E-state index in [0.29, 0.717) is 17.8 Å². The van der Waals surface area contributed by atoms with Crippen LogP contribution in [0.2, 0.25) is 0 Å². The number of rotatable bonds is 9. The summed E-state index contributed by atoms with van der Waals surface area (Å²) in [6.45, 7) is 2.06. The summed E-state index contributed by atoms with van der Waals surface area (Å²) < 4.78 is 27.0. The Bertz CT molecular complexity index is 938. The first kappa shape index (κ1) is 21.7. The zero-order chi connectivity index (χ0) is 20.7. The molecule has 0 saturated heterocycles. The molecule has 0 spiro atoms. The monoisotopic (exact) mass is 403 g/mol. The molecule has 0 aliphatic rings. The quantitative estimate of drug-likeness (QED) is 0.626. The smallest absolute Gasteiger partial charge is 0.240 e. The van der Waals surface area contributed by atoms with E-state index in [1.807, 2.05) is 43.3 Å². The second-order valence-corrected chi connectivity index (χ2v) is 8.44. The first-order chi connectivity index (χ1) is 13.2. The molecule has 2 N–H and O–H groups in total. The minimum atomic E-state index is -3.74. The molecule has 0 unspecified atom stereocenters. The number of nitrogens with one attached hydrogen (secondary N) is 2. The van der Waals surface area contributed by atoms with Gasteiger partial charge in [0, 0.05) is 30.8 Å². The second kappa shape index (κ2) is 9.59. The fraction of sp³-hybridized carbons (Fsp3) is 0.300. The Kier molecular flexibility index (Phi) is 7.45. The van der Waals surface area contributed by atoms with Crippen molar-refractivity contribution >= 4 is 27.4 Å². The van der Waals surface area contributed by atoms with E-state index in [1.165, 1.54) is 31.2 Å². The van der Waals surface area contributed by atoms with Gasteiger partial charge in [-0.2, -0.15) is 0 Å². The van der Waals surface area contributed by atoms with Crippen LogP contribution in [0.15, 0.2) is 53.4 Å². The van der Waals surface area contributed by atoms with E-state index >= 15 is 0 Å². The van der Waals surface area contributed by atoms with Gasteiger partial charge in [0.05, 0.1) is 4.90 Å². The Morgan fingerprint density at radius 2 is 1.64 bits per heavy atom. The molecular weight excluding hydrogens is 378 g/mol. The van der Waals surface area contributed by atoms with Crippen molar-refractivity contribution in [2.24, 2.45) is 0 Å². The number of carbonyl (C=O) groups excluding carboxylic acids is 2. The summed E-state index contributed by atoms with van der Waals surface area (Å²) >= 11 is 0. The van der Waals surface area contributed by atoms with Crippen LogP contribution in [0, 0.1) is 0 Å². The van der Waals surface area contributed by atoms with Crippen LogP contribution in [0.3, 0.4) is 0 Å². The third-order valence-corrected chi connectivity index (χ3v) is 5.47. The predicted molar refractivity (Wildman–Crippen MR) is 109 cm³/mol. The van der Waals surface area contributed by atoms with Crippen molar-refractivity contribution in [2.75, 3.05) is 26.0 Å². The van der Waals surface area contributed by atoms with Crippen LogP contribution < -0.4 is 10.0 Å². The van der Waals surface area contributed by atoms with Crippen LogP contribution in [-0.4, -0.2) is 45.6 Å². The predicted octanol–water partition coefficient (Wildman–Crippen LogP) is 2.26. The molecule has 0 fully saturated rings. The number of amides is 1. The molecule has 0 bridgehead atoms. The number of sulfonamides is 1. The molecule has 8 heteroatoms. The van der Waals surface area contributed by atoms with Gasteiger partial charge in [0.25, 0.3) is 0 Å². The lowest BCUT2D eigenvalue weighted by molar-refractivity contribution is -0.116. The summed E-state index contributed by atoms with van der Waals surface area (Å²) in [7, 11) is 0.138. The van der Waals surface area contributed by atoms with Crippen molar-refractivity contribution in [3.63, 3.8) is 0 Å². The zero-order valence-corrected chi connectivity index (χ0v) is 17.0. The Balaban J connectivity index is 1.92. The van der Waals surface area contributed by atoms with Crippen LogP contribution >= 0.6 is 0 Å². The van der Waals surface area contributed by atoms with E-state index in [0.717, 1.165) is 5.56 Å². The summed E-state index contributed by atoms with van der Waals surface area (Å²) in [6.07, 6.45) is 0.00105. The summed E-state index contributed by atoms with van der Waals surface area (Å²) in [5.74, 6) is -0.413. The summed E-state index contributed by atoms with van der Waals surface area (Å²) in [6, 6.07) is 13.2. The van der Waals surface area contributed by atoms with Crippen LogP contribution in [0.1, 0.15) is 29.3 Å². The van der Waals surface area contributed by atoms with E-state index < -0.39 is 10.0 Å². The third-order valence-electron chi connectivity index (χ3n) is 3.99. The van der Waals surface area contributed by atoms with Crippen molar-refractivity contribution in [3.05, 3.63) is 59.7 Å². The van der Waals surface area contributed by atoms with Crippen LogP contribution in [0.5, 0.6) is 0 Å². The largest absolute Gasteiger partial charge is 0.326 e. The molecule has 0 aliphatic carbocycles. The van der Waals surface area contributed by atoms with Gasteiger partial charge in [-0.25, -0.2) is 13.1 Å². The summed E-state index contributed by atoms with van der Waals surface area (Å²) in [5.41, 5.74) is 2.13. The van der Waals surface area contributed by atoms with Crippen molar-refractivity contribution < 1.29 is 18.0 Å². The fourth-order valence-electron chi connectivity index (χ4n) is 2.58. The molecule has 0 saturated carbocycles. The molecule has 0 atom stereocenters. The number of hydrogen-bond donors (Lipinski definition) is 2. The molecule has 0 radical (unpaired) electrons. The molecule has 0 aliphatic heterocycles. The van der Waals surface area contributed by atoms with Crippen LogP contribution in [0.4, 0.5) is 5.69 Å². The SMILES string of the molecule is CC(=O)c1ccc(S(=O)(=O)NCCC(=O)Nc2ccccc2CN(C)C)cc1. The number of nitrogens with zero attached hydrogens (tertiary/aromatic N) is 1. The molecule has 0 heterocycles. The average molecular weight is 404 g/mol. The fourth-order valence-corrected chi connectivity index (χ4v) is 3.62. The van der Waals surface area contributed by atoms with Crippen molar-refractivity contribution in [2.45, 2.75) is 24.8 Å². The second-order valence-electron chi connectivity index (χ2n) is 6.67. The van der Waals surface area contributed by atoms with Gasteiger partial charge in [0.1, 0.15) is 0 Å². The number of carbonyl (C=O) groups is 2. The van der Waals surface area contributed by atoms with Gasteiger partial charge in [-0.3, -0.25) is 9.59 Å². The van der Waals surface area contributed by atoms with Gasteiger partial charge in [-0.05, 0) is 44.8 Å². The molecular formula is C20H25N3O4S. The molecule has 28 heavy (non-hydrogen) atoms. The maximum absolute atomic E-state index is 12.3. The van der Waals surface area contributed by atoms with Crippen molar-refractivity contribution in [1.82, 2.24) is 9.62 Å². The zero-order valence-electron chi connectivity index (χ0n) is 16.2. The maximum Gasteiger partial charge on any atom is 0.240 e. The minimum absolute atomic E-state index is 0.00105. The molecule has 1 amide bonds. The highest BCUT2D eigenvalue weighted by molar-refractivity contribution is 7.89. The number of benzene rings is 2. The lowest BCUT2D eigenvalue weighted by Gasteiger charge is -2.15. The minimum Gasteiger partial charge on any atom is -0.326 e. The van der Waals surface area contributed by atoms with E-state index in [4.69, 9.17) is 0 Å². The Labute approximate surface area is 165 Å². The summed E-state index contributed by atoms with van der Waals surface area (Å²) in [5, 5.41) is 2.82. The lowest BCUT2D eigenvalue weighted by Crippen LogP contribution is -2.28. The Hall–Kier alpha value is -2.55. The lowest BCUT2D eigenvalue weighted by atomic mass is 10.1. The van der Waals surface area contributed by atoms with Crippen LogP contribution in [-0.2, 0) is 21.4 Å². The standard InChI is InChI=1S/C20H25N3O4S/c1-15(24)16-8-10-18(11-9-16)28(26,27)21-13-12-20(25)22-19-7-5-4-6-17(19)14-23(2)3/h4-11,21H,12-14H2,1-3H3,(H,22,25). The summed E-state index contributed by atoms with van der Waals surface area (Å²) in [4.78, 5) is 25.5. The number of hydrogen-bond acceptors (Lipinski definition) is 5. The molecule has 2 rings (SSSR count). The topological polar surface area (TPSA) is 95.6 Å². The van der Waals surface area contributed by atoms with E-state index in [2.05, 4.69) is 10.0 Å². The molecule has 0 aromatic heterocycles. The Morgan fingerprint density at radius 1 is 1.00 bits per heavy atom.